The standard InChI is InChI=1S/C19H15FN2O/c20-18-4-2-1-3-17(18)19(23)22-16-7-5-14(6-8-16)13-15-9-11-21-12-10-15/h1-12H,13H2,(H,22,23). The SMILES string of the molecule is O=C(Nc1ccc(Cc2ccncc2)cc1)c1ccccc1F. The lowest BCUT2D eigenvalue weighted by atomic mass is 10.1. The Morgan fingerprint density at radius 2 is 1.57 bits per heavy atom. The number of benzene rings is 2. The highest BCUT2D eigenvalue weighted by Gasteiger charge is 2.10. The third-order valence-electron chi connectivity index (χ3n) is 3.49. The van der Waals surface area contributed by atoms with Crippen molar-refractivity contribution in [2.24, 2.45) is 0 Å². The number of pyridine rings is 1. The summed E-state index contributed by atoms with van der Waals surface area (Å²) >= 11 is 0. The largest absolute Gasteiger partial charge is 0.322 e. The zero-order valence-corrected chi connectivity index (χ0v) is 12.4. The Hall–Kier alpha value is -3.01. The molecule has 3 rings (SSSR count). The van der Waals surface area contributed by atoms with Gasteiger partial charge < -0.3 is 5.32 Å². The van der Waals surface area contributed by atoms with Crippen LogP contribution in [0.5, 0.6) is 0 Å². The maximum atomic E-state index is 13.6. The number of anilines is 1. The molecule has 3 nitrogen and oxygen atoms in total. The molecule has 0 fully saturated rings. The fraction of sp³-hybridized carbons (Fsp3) is 0.0526. The molecule has 0 radical (unpaired) electrons. The summed E-state index contributed by atoms with van der Waals surface area (Å²) in [5, 5.41) is 2.70. The third kappa shape index (κ3) is 3.80. The second-order valence-corrected chi connectivity index (χ2v) is 5.16. The second-order valence-electron chi connectivity index (χ2n) is 5.16. The maximum absolute atomic E-state index is 13.6. The van der Waals surface area contributed by atoms with Crippen molar-refractivity contribution < 1.29 is 9.18 Å². The molecule has 0 aliphatic rings. The molecule has 4 heteroatoms. The molecule has 0 atom stereocenters. The molecule has 0 aliphatic heterocycles. The van der Waals surface area contributed by atoms with Crippen LogP contribution in [0.2, 0.25) is 0 Å². The van der Waals surface area contributed by atoms with E-state index in [1.54, 1.807) is 24.5 Å². The number of amides is 1. The Bertz CT molecular complexity index is 801. The van der Waals surface area contributed by atoms with Crippen LogP contribution < -0.4 is 5.32 Å². The smallest absolute Gasteiger partial charge is 0.258 e. The number of nitrogens with zero attached hydrogens (tertiary/aromatic N) is 1. The zero-order chi connectivity index (χ0) is 16.1. The molecule has 3 aromatic rings. The molecule has 2 aromatic carbocycles. The predicted octanol–water partition coefficient (Wildman–Crippen LogP) is 4.06. The average Bonchev–Trinajstić information content (AvgIpc) is 2.58. The van der Waals surface area contributed by atoms with Crippen LogP contribution in [0.15, 0.2) is 73.1 Å². The van der Waals surface area contributed by atoms with Crippen LogP contribution in [0, 0.1) is 5.82 Å². The first kappa shape index (κ1) is 14.9. The lowest BCUT2D eigenvalue weighted by Gasteiger charge is -2.07. The van der Waals surface area contributed by atoms with E-state index in [1.165, 1.54) is 17.7 Å². The molecule has 1 amide bonds. The molecular formula is C19H15FN2O. The number of hydrogen-bond donors (Lipinski definition) is 1. The average molecular weight is 306 g/mol. The van der Waals surface area contributed by atoms with Gasteiger partial charge in [-0.2, -0.15) is 0 Å². The van der Waals surface area contributed by atoms with Gasteiger partial charge in [0.05, 0.1) is 5.56 Å². The van der Waals surface area contributed by atoms with Gasteiger partial charge in [0, 0.05) is 18.1 Å². The van der Waals surface area contributed by atoms with Crippen molar-refractivity contribution in [3.05, 3.63) is 95.6 Å². The van der Waals surface area contributed by atoms with Gasteiger partial charge in [-0.1, -0.05) is 24.3 Å². The number of halogens is 1. The Morgan fingerprint density at radius 1 is 0.913 bits per heavy atom. The molecule has 0 unspecified atom stereocenters. The minimum Gasteiger partial charge on any atom is -0.322 e. The highest BCUT2D eigenvalue weighted by molar-refractivity contribution is 6.04. The molecule has 114 valence electrons. The summed E-state index contributed by atoms with van der Waals surface area (Å²) in [6.45, 7) is 0. The summed E-state index contributed by atoms with van der Waals surface area (Å²) in [5.41, 5.74) is 2.97. The first-order valence-corrected chi connectivity index (χ1v) is 7.26. The minimum absolute atomic E-state index is 0.0355. The highest BCUT2D eigenvalue weighted by atomic mass is 19.1. The predicted molar refractivity (Wildman–Crippen MR) is 87.8 cm³/mol. The Labute approximate surface area is 133 Å². The van der Waals surface area contributed by atoms with Crippen molar-refractivity contribution in [3.8, 4) is 0 Å². The van der Waals surface area contributed by atoms with E-state index in [4.69, 9.17) is 0 Å². The van der Waals surface area contributed by atoms with Crippen molar-refractivity contribution in [2.45, 2.75) is 6.42 Å². The van der Waals surface area contributed by atoms with Gasteiger partial charge >= 0.3 is 0 Å². The van der Waals surface area contributed by atoms with Gasteiger partial charge in [0.1, 0.15) is 5.82 Å². The maximum Gasteiger partial charge on any atom is 0.258 e. The number of aromatic nitrogens is 1. The Morgan fingerprint density at radius 3 is 2.26 bits per heavy atom. The normalized spacial score (nSPS) is 10.3. The quantitative estimate of drug-likeness (QED) is 0.789. The van der Waals surface area contributed by atoms with Gasteiger partial charge in [0.2, 0.25) is 0 Å². The van der Waals surface area contributed by atoms with Crippen LogP contribution in [0.3, 0.4) is 0 Å². The topological polar surface area (TPSA) is 42.0 Å². The molecule has 0 saturated heterocycles. The van der Waals surface area contributed by atoms with E-state index in [0.29, 0.717) is 5.69 Å². The molecule has 0 saturated carbocycles. The van der Waals surface area contributed by atoms with E-state index in [9.17, 15) is 9.18 Å². The van der Waals surface area contributed by atoms with E-state index in [1.807, 2.05) is 36.4 Å². The molecule has 0 aliphatic carbocycles. The fourth-order valence-corrected chi connectivity index (χ4v) is 2.29. The first-order valence-electron chi connectivity index (χ1n) is 7.26. The third-order valence-corrected chi connectivity index (χ3v) is 3.49. The van der Waals surface area contributed by atoms with Gasteiger partial charge in [0.15, 0.2) is 0 Å². The van der Waals surface area contributed by atoms with Gasteiger partial charge in [-0.15, -0.1) is 0 Å². The summed E-state index contributed by atoms with van der Waals surface area (Å²) < 4.78 is 13.6. The summed E-state index contributed by atoms with van der Waals surface area (Å²) in [4.78, 5) is 16.0. The number of carbonyl (C=O) groups excluding carboxylic acids is 1. The van der Waals surface area contributed by atoms with Crippen molar-refractivity contribution in [1.82, 2.24) is 4.98 Å². The van der Waals surface area contributed by atoms with E-state index < -0.39 is 11.7 Å². The number of carbonyl (C=O) groups is 1. The minimum atomic E-state index is -0.528. The zero-order valence-electron chi connectivity index (χ0n) is 12.4. The summed E-state index contributed by atoms with van der Waals surface area (Å²) in [6.07, 6.45) is 4.32. The van der Waals surface area contributed by atoms with Crippen LogP contribution in [-0.2, 0) is 6.42 Å². The van der Waals surface area contributed by atoms with Crippen LogP contribution in [0.1, 0.15) is 21.5 Å². The summed E-state index contributed by atoms with van der Waals surface area (Å²) in [7, 11) is 0. The monoisotopic (exact) mass is 306 g/mol. The molecule has 0 bridgehead atoms. The van der Waals surface area contributed by atoms with Crippen LogP contribution in [-0.4, -0.2) is 10.9 Å². The van der Waals surface area contributed by atoms with Gasteiger partial charge in [0.25, 0.3) is 5.91 Å². The van der Waals surface area contributed by atoms with Crippen molar-refractivity contribution >= 4 is 11.6 Å². The Balaban J connectivity index is 1.68. The van der Waals surface area contributed by atoms with Crippen LogP contribution in [0.25, 0.3) is 0 Å². The molecule has 1 N–H and O–H groups in total. The molecule has 1 heterocycles. The van der Waals surface area contributed by atoms with E-state index in [2.05, 4.69) is 10.3 Å². The molecule has 23 heavy (non-hydrogen) atoms. The summed E-state index contributed by atoms with van der Waals surface area (Å²) in [5.74, 6) is -0.982. The Kier molecular flexibility index (Phi) is 4.43. The first-order chi connectivity index (χ1) is 11.2. The molecular weight excluding hydrogens is 291 g/mol. The van der Waals surface area contributed by atoms with Gasteiger partial charge in [-0.05, 0) is 53.9 Å². The van der Waals surface area contributed by atoms with E-state index >= 15 is 0 Å². The van der Waals surface area contributed by atoms with Crippen LogP contribution >= 0.6 is 0 Å². The fourth-order valence-electron chi connectivity index (χ4n) is 2.29. The van der Waals surface area contributed by atoms with Crippen molar-refractivity contribution in [3.63, 3.8) is 0 Å². The molecule has 0 spiro atoms. The van der Waals surface area contributed by atoms with E-state index in [0.717, 1.165) is 12.0 Å². The van der Waals surface area contributed by atoms with Gasteiger partial charge in [-0.25, -0.2) is 4.39 Å². The highest BCUT2D eigenvalue weighted by Crippen LogP contribution is 2.15. The van der Waals surface area contributed by atoms with E-state index in [-0.39, 0.29) is 5.56 Å². The van der Waals surface area contributed by atoms with Crippen LogP contribution in [0.4, 0.5) is 10.1 Å². The number of nitrogens with one attached hydrogen (secondary N) is 1. The lowest BCUT2D eigenvalue weighted by Crippen LogP contribution is -2.13. The van der Waals surface area contributed by atoms with Gasteiger partial charge in [-0.3, -0.25) is 9.78 Å². The number of hydrogen-bond acceptors (Lipinski definition) is 2. The second kappa shape index (κ2) is 6.83. The summed E-state index contributed by atoms with van der Waals surface area (Å²) in [6, 6.07) is 17.4. The lowest BCUT2D eigenvalue weighted by molar-refractivity contribution is 0.102. The molecule has 1 aromatic heterocycles. The van der Waals surface area contributed by atoms with Crippen molar-refractivity contribution in [1.29, 1.82) is 0 Å². The number of rotatable bonds is 4. The van der Waals surface area contributed by atoms with Crippen molar-refractivity contribution in [2.75, 3.05) is 5.32 Å².